The first-order valence-corrected chi connectivity index (χ1v) is 9.19. The lowest BCUT2D eigenvalue weighted by atomic mass is 9.77. The smallest absolute Gasteiger partial charge is 0.276 e. The molecule has 0 bridgehead atoms. The van der Waals surface area contributed by atoms with E-state index in [4.69, 9.17) is 0 Å². The maximum Gasteiger partial charge on any atom is 0.276 e. The second kappa shape index (κ2) is 6.60. The fourth-order valence-electron chi connectivity index (χ4n) is 3.59. The zero-order chi connectivity index (χ0) is 19.9. The highest BCUT2D eigenvalue weighted by molar-refractivity contribution is 5.93. The average Bonchev–Trinajstić information content (AvgIpc) is 3.34. The third-order valence-corrected chi connectivity index (χ3v) is 5.61. The minimum atomic E-state index is -0.348. The molecule has 0 aliphatic carbocycles. The summed E-state index contributed by atoms with van der Waals surface area (Å²) in [5.74, 6) is -0.0401. The van der Waals surface area contributed by atoms with Gasteiger partial charge in [0.05, 0.1) is 17.2 Å². The van der Waals surface area contributed by atoms with Crippen LogP contribution < -0.4 is 5.56 Å². The number of hydrogen-bond acceptors (Lipinski definition) is 6. The molecule has 4 heterocycles. The van der Waals surface area contributed by atoms with Gasteiger partial charge in [0.2, 0.25) is 0 Å². The quantitative estimate of drug-likeness (QED) is 0.724. The maximum atomic E-state index is 12.9. The number of carbonyl (C=O) groups excluding carboxylic acids is 1. The standard InChI is InChI=1S/C18H20N8O2/c1-3-18(11-19)6-9-24(10-7-18)16(28)14-12(2)26(23-21-14)17-20-15(27)13-5-4-8-25(13)22-17/h4-5,8H,3,6-7,9-10H2,1-2H3,(H,20,22,27). The average molecular weight is 380 g/mol. The fraction of sp³-hybridized carbons (Fsp3) is 0.444. The van der Waals surface area contributed by atoms with E-state index in [1.54, 1.807) is 30.2 Å². The number of nitrogens with one attached hydrogen (secondary N) is 1. The van der Waals surface area contributed by atoms with Crippen molar-refractivity contribution in [1.29, 1.82) is 5.26 Å². The molecule has 10 nitrogen and oxygen atoms in total. The van der Waals surface area contributed by atoms with Crippen molar-refractivity contribution in [2.45, 2.75) is 33.1 Å². The first-order chi connectivity index (χ1) is 13.5. The molecule has 0 aromatic carbocycles. The zero-order valence-corrected chi connectivity index (χ0v) is 15.7. The molecule has 1 fully saturated rings. The van der Waals surface area contributed by atoms with Crippen molar-refractivity contribution in [2.75, 3.05) is 13.1 Å². The van der Waals surface area contributed by atoms with Gasteiger partial charge in [-0.1, -0.05) is 12.1 Å². The Morgan fingerprint density at radius 2 is 2.14 bits per heavy atom. The van der Waals surface area contributed by atoms with E-state index in [1.165, 1.54) is 9.20 Å². The Kier molecular flexibility index (Phi) is 4.22. The summed E-state index contributed by atoms with van der Waals surface area (Å²) in [5, 5.41) is 21.8. The van der Waals surface area contributed by atoms with Gasteiger partial charge in [-0.05, 0) is 38.3 Å². The summed E-state index contributed by atoms with van der Waals surface area (Å²) in [6.07, 6.45) is 3.74. The van der Waals surface area contributed by atoms with Crippen LogP contribution in [0.2, 0.25) is 0 Å². The van der Waals surface area contributed by atoms with E-state index < -0.39 is 0 Å². The number of piperidine rings is 1. The van der Waals surface area contributed by atoms with Crippen LogP contribution in [0.15, 0.2) is 23.1 Å². The number of H-pyrrole nitrogens is 1. The summed E-state index contributed by atoms with van der Waals surface area (Å²) in [5.41, 5.74) is 0.478. The van der Waals surface area contributed by atoms with Crippen molar-refractivity contribution in [3.8, 4) is 12.0 Å². The van der Waals surface area contributed by atoms with Crippen molar-refractivity contribution in [2.24, 2.45) is 5.41 Å². The molecule has 10 heteroatoms. The second-order valence-electron chi connectivity index (χ2n) is 7.09. The predicted molar refractivity (Wildman–Crippen MR) is 98.9 cm³/mol. The fourth-order valence-corrected chi connectivity index (χ4v) is 3.59. The molecule has 3 aromatic heterocycles. The van der Waals surface area contributed by atoms with Gasteiger partial charge in [0.25, 0.3) is 17.4 Å². The molecule has 144 valence electrons. The van der Waals surface area contributed by atoms with Gasteiger partial charge in [-0.25, -0.2) is 4.52 Å². The van der Waals surface area contributed by atoms with Crippen molar-refractivity contribution in [1.82, 2.24) is 34.5 Å². The third-order valence-electron chi connectivity index (χ3n) is 5.61. The number of fused-ring (bicyclic) bond motifs is 1. The molecule has 1 aliphatic rings. The molecule has 1 saturated heterocycles. The van der Waals surface area contributed by atoms with Crippen molar-refractivity contribution in [3.05, 3.63) is 40.1 Å². The summed E-state index contributed by atoms with van der Waals surface area (Å²) in [6.45, 7) is 4.74. The molecule has 0 saturated carbocycles. The van der Waals surface area contributed by atoms with Gasteiger partial charge in [-0.15, -0.1) is 10.2 Å². The van der Waals surface area contributed by atoms with Crippen LogP contribution in [0.5, 0.6) is 0 Å². The summed E-state index contributed by atoms with van der Waals surface area (Å²) in [6, 6.07) is 5.79. The van der Waals surface area contributed by atoms with E-state index >= 15 is 0 Å². The number of nitriles is 1. The first kappa shape index (κ1) is 17.9. The van der Waals surface area contributed by atoms with Crippen LogP contribution in [0.25, 0.3) is 11.5 Å². The van der Waals surface area contributed by atoms with Crippen molar-refractivity contribution in [3.63, 3.8) is 0 Å². The summed E-state index contributed by atoms with van der Waals surface area (Å²) in [7, 11) is 0. The van der Waals surface area contributed by atoms with Gasteiger partial charge in [-0.3, -0.25) is 14.6 Å². The van der Waals surface area contributed by atoms with Gasteiger partial charge < -0.3 is 4.90 Å². The molecule has 1 aliphatic heterocycles. The number of rotatable bonds is 3. The highest BCUT2D eigenvalue weighted by Gasteiger charge is 2.36. The highest BCUT2D eigenvalue weighted by atomic mass is 16.2. The third kappa shape index (κ3) is 2.76. The Morgan fingerprint density at radius 3 is 2.82 bits per heavy atom. The number of hydrogen-bond donors (Lipinski definition) is 1. The minimum absolute atomic E-state index is 0.186. The van der Waals surface area contributed by atoms with Gasteiger partial charge in [0.15, 0.2) is 5.69 Å². The first-order valence-electron chi connectivity index (χ1n) is 9.19. The molecule has 28 heavy (non-hydrogen) atoms. The van der Waals surface area contributed by atoms with E-state index in [-0.39, 0.29) is 28.5 Å². The molecule has 1 amide bonds. The van der Waals surface area contributed by atoms with Crippen LogP contribution in [0.3, 0.4) is 0 Å². The maximum absolute atomic E-state index is 12.9. The summed E-state index contributed by atoms with van der Waals surface area (Å²) < 4.78 is 2.80. The van der Waals surface area contributed by atoms with Crippen LogP contribution in [-0.2, 0) is 0 Å². The predicted octanol–water partition coefficient (Wildman–Crippen LogP) is 1.07. The number of amides is 1. The van der Waals surface area contributed by atoms with E-state index in [2.05, 4.69) is 26.5 Å². The van der Waals surface area contributed by atoms with Gasteiger partial charge >= 0.3 is 0 Å². The van der Waals surface area contributed by atoms with Crippen LogP contribution in [0, 0.1) is 23.7 Å². The number of likely N-dealkylation sites (tertiary alicyclic amines) is 1. The van der Waals surface area contributed by atoms with Gasteiger partial charge in [-0.2, -0.15) is 9.94 Å². The number of carbonyl (C=O) groups is 1. The molecule has 1 N–H and O–H groups in total. The SMILES string of the molecule is CCC1(C#N)CCN(C(=O)c2nnn(-c3nn4cccc4c(=O)[nH]3)c2C)CC1. The van der Waals surface area contributed by atoms with E-state index in [0.717, 1.165) is 6.42 Å². The molecular formula is C18H20N8O2. The van der Waals surface area contributed by atoms with Crippen LogP contribution in [-0.4, -0.2) is 53.5 Å². The number of aromatic nitrogens is 6. The molecule has 4 rings (SSSR count). The Bertz CT molecular complexity index is 1140. The Labute approximate surface area is 160 Å². The lowest BCUT2D eigenvalue weighted by molar-refractivity contribution is 0.0636. The molecule has 0 unspecified atom stereocenters. The van der Waals surface area contributed by atoms with E-state index in [1.807, 2.05) is 6.92 Å². The summed E-state index contributed by atoms with van der Waals surface area (Å²) in [4.78, 5) is 29.5. The van der Waals surface area contributed by atoms with Crippen LogP contribution in [0.4, 0.5) is 0 Å². The highest BCUT2D eigenvalue weighted by Crippen LogP contribution is 2.34. The van der Waals surface area contributed by atoms with Crippen molar-refractivity contribution >= 4 is 11.4 Å². The van der Waals surface area contributed by atoms with E-state index in [9.17, 15) is 14.9 Å². The van der Waals surface area contributed by atoms with Crippen molar-refractivity contribution < 1.29 is 4.79 Å². The zero-order valence-electron chi connectivity index (χ0n) is 15.7. The lowest BCUT2D eigenvalue weighted by Crippen LogP contribution is -2.42. The van der Waals surface area contributed by atoms with Gasteiger partial charge in [0, 0.05) is 19.3 Å². The van der Waals surface area contributed by atoms with E-state index in [0.29, 0.717) is 37.1 Å². The Balaban J connectivity index is 1.61. The largest absolute Gasteiger partial charge is 0.337 e. The monoisotopic (exact) mass is 380 g/mol. The normalized spacial score (nSPS) is 16.2. The summed E-state index contributed by atoms with van der Waals surface area (Å²) >= 11 is 0. The van der Waals surface area contributed by atoms with Crippen LogP contribution in [0.1, 0.15) is 42.4 Å². The Hall–Kier alpha value is -3.48. The molecule has 0 atom stereocenters. The number of aromatic amines is 1. The lowest BCUT2D eigenvalue weighted by Gasteiger charge is -2.36. The second-order valence-corrected chi connectivity index (χ2v) is 7.09. The van der Waals surface area contributed by atoms with Gasteiger partial charge in [0.1, 0.15) is 5.52 Å². The number of nitrogens with zero attached hydrogens (tertiary/aromatic N) is 7. The molecule has 3 aromatic rings. The van der Waals surface area contributed by atoms with Crippen LogP contribution >= 0.6 is 0 Å². The molecule has 0 spiro atoms. The molecular weight excluding hydrogens is 360 g/mol. The minimum Gasteiger partial charge on any atom is -0.337 e. The molecule has 0 radical (unpaired) electrons. The topological polar surface area (TPSA) is 125 Å². The Morgan fingerprint density at radius 1 is 1.39 bits per heavy atom.